The fourth-order valence-electron chi connectivity index (χ4n) is 2.60. The Bertz CT molecular complexity index is 970. The molecule has 26 heavy (non-hydrogen) atoms. The van der Waals surface area contributed by atoms with Crippen LogP contribution in [0, 0.1) is 0 Å². The lowest BCUT2D eigenvalue weighted by Gasteiger charge is -2.08. The number of thioether (sulfide) groups is 1. The summed E-state index contributed by atoms with van der Waals surface area (Å²) in [6.45, 7) is 0. The van der Waals surface area contributed by atoms with E-state index in [-0.39, 0.29) is 11.8 Å². The maximum atomic E-state index is 12.5. The molecule has 0 radical (unpaired) electrons. The van der Waals surface area contributed by atoms with E-state index in [4.69, 9.17) is 0 Å². The maximum absolute atomic E-state index is 12.5. The average molecular weight is 381 g/mol. The zero-order chi connectivity index (χ0) is 17.9. The molecule has 0 aliphatic carbocycles. The highest BCUT2D eigenvalue weighted by Crippen LogP contribution is 2.32. The highest BCUT2D eigenvalue weighted by Gasteiger charge is 2.16. The van der Waals surface area contributed by atoms with Crippen LogP contribution in [0.2, 0.25) is 0 Å². The van der Waals surface area contributed by atoms with Gasteiger partial charge in [0.1, 0.15) is 0 Å². The van der Waals surface area contributed by atoms with Crippen LogP contribution in [0.4, 0.5) is 10.8 Å². The van der Waals surface area contributed by atoms with Crippen LogP contribution < -0.4 is 10.6 Å². The molecule has 2 N–H and O–H groups in total. The minimum absolute atomic E-state index is 0.0266. The standard InChI is InChI=1S/C19H15N3O2S2/c23-17-8-9-25-16-7-6-13(10-14(16)20-17)18(24)22-19-21-15(11-26-19)12-4-2-1-3-5-12/h1-7,10-11H,8-9H2,(H,20,23)(H,21,22,24). The van der Waals surface area contributed by atoms with E-state index in [1.807, 2.05) is 41.8 Å². The Morgan fingerprint density at radius 2 is 2.00 bits per heavy atom. The van der Waals surface area contributed by atoms with Crippen molar-refractivity contribution in [1.82, 2.24) is 4.98 Å². The third-order valence-corrected chi connectivity index (χ3v) is 5.73. The largest absolute Gasteiger partial charge is 0.325 e. The summed E-state index contributed by atoms with van der Waals surface area (Å²) in [6.07, 6.45) is 0.474. The molecule has 0 saturated heterocycles. The predicted octanol–water partition coefficient (Wildman–Crippen LogP) is 4.50. The van der Waals surface area contributed by atoms with Gasteiger partial charge in [0.25, 0.3) is 5.91 Å². The van der Waals surface area contributed by atoms with Gasteiger partial charge >= 0.3 is 0 Å². The van der Waals surface area contributed by atoms with E-state index >= 15 is 0 Å². The molecule has 2 aromatic carbocycles. The second kappa shape index (κ2) is 7.31. The molecule has 130 valence electrons. The first-order valence-electron chi connectivity index (χ1n) is 8.08. The molecule has 0 fully saturated rings. The zero-order valence-corrected chi connectivity index (χ0v) is 15.3. The molecule has 4 rings (SSSR count). The first-order chi connectivity index (χ1) is 12.7. The van der Waals surface area contributed by atoms with E-state index in [1.165, 1.54) is 11.3 Å². The molecule has 2 heterocycles. The van der Waals surface area contributed by atoms with Crippen molar-refractivity contribution in [2.45, 2.75) is 11.3 Å². The number of hydrogen-bond donors (Lipinski definition) is 2. The Morgan fingerprint density at radius 1 is 1.15 bits per heavy atom. The van der Waals surface area contributed by atoms with Crippen molar-refractivity contribution >= 4 is 45.7 Å². The fraction of sp³-hybridized carbons (Fsp3) is 0.105. The number of anilines is 2. The van der Waals surface area contributed by atoms with Gasteiger partial charge in [-0.1, -0.05) is 30.3 Å². The van der Waals surface area contributed by atoms with Gasteiger partial charge in [-0.3, -0.25) is 14.9 Å². The normalized spacial score (nSPS) is 13.5. The van der Waals surface area contributed by atoms with Gasteiger partial charge in [-0.05, 0) is 18.2 Å². The van der Waals surface area contributed by atoms with Crippen molar-refractivity contribution in [3.8, 4) is 11.3 Å². The number of rotatable bonds is 3. The van der Waals surface area contributed by atoms with Crippen molar-refractivity contribution in [2.24, 2.45) is 0 Å². The molecular formula is C19H15N3O2S2. The smallest absolute Gasteiger partial charge is 0.257 e. The molecule has 0 unspecified atom stereocenters. The summed E-state index contributed by atoms with van der Waals surface area (Å²) in [7, 11) is 0. The topological polar surface area (TPSA) is 71.1 Å². The number of fused-ring (bicyclic) bond motifs is 1. The van der Waals surface area contributed by atoms with Crippen LogP contribution in [0.3, 0.4) is 0 Å². The highest BCUT2D eigenvalue weighted by atomic mass is 32.2. The number of hydrogen-bond acceptors (Lipinski definition) is 5. The maximum Gasteiger partial charge on any atom is 0.257 e. The number of aromatic nitrogens is 1. The van der Waals surface area contributed by atoms with Crippen LogP contribution in [-0.4, -0.2) is 22.6 Å². The highest BCUT2D eigenvalue weighted by molar-refractivity contribution is 7.99. The summed E-state index contributed by atoms with van der Waals surface area (Å²) >= 11 is 3.00. The molecule has 0 bridgehead atoms. The second-order valence-corrected chi connectivity index (χ2v) is 7.71. The van der Waals surface area contributed by atoms with Gasteiger partial charge in [0.2, 0.25) is 5.91 Å². The minimum Gasteiger partial charge on any atom is -0.325 e. The van der Waals surface area contributed by atoms with Gasteiger partial charge in [-0.2, -0.15) is 0 Å². The molecule has 0 spiro atoms. The molecule has 3 aromatic rings. The molecule has 0 saturated carbocycles. The Balaban J connectivity index is 1.52. The summed E-state index contributed by atoms with van der Waals surface area (Å²) in [6, 6.07) is 15.2. The zero-order valence-electron chi connectivity index (χ0n) is 13.7. The molecule has 1 aromatic heterocycles. The van der Waals surface area contributed by atoms with Crippen LogP contribution in [0.5, 0.6) is 0 Å². The van der Waals surface area contributed by atoms with Crippen molar-refractivity contribution in [3.63, 3.8) is 0 Å². The molecule has 7 heteroatoms. The lowest BCUT2D eigenvalue weighted by molar-refractivity contribution is -0.115. The summed E-state index contributed by atoms with van der Waals surface area (Å²) in [5.74, 6) is 0.470. The first-order valence-corrected chi connectivity index (χ1v) is 9.94. The van der Waals surface area contributed by atoms with Gasteiger partial charge in [0.05, 0.1) is 11.4 Å². The predicted molar refractivity (Wildman–Crippen MR) is 106 cm³/mol. The van der Waals surface area contributed by atoms with Gasteiger partial charge in [-0.15, -0.1) is 23.1 Å². The van der Waals surface area contributed by atoms with E-state index < -0.39 is 0 Å². The van der Waals surface area contributed by atoms with Gasteiger partial charge < -0.3 is 5.32 Å². The number of nitrogens with zero attached hydrogens (tertiary/aromatic N) is 1. The first kappa shape index (κ1) is 16.8. The minimum atomic E-state index is -0.245. The fourth-order valence-corrected chi connectivity index (χ4v) is 4.25. The number of carbonyl (C=O) groups excluding carboxylic acids is 2. The monoisotopic (exact) mass is 381 g/mol. The van der Waals surface area contributed by atoms with Crippen molar-refractivity contribution in [3.05, 3.63) is 59.5 Å². The summed E-state index contributed by atoms with van der Waals surface area (Å²) in [5, 5.41) is 8.14. The van der Waals surface area contributed by atoms with E-state index in [2.05, 4.69) is 15.6 Å². The lowest BCUT2D eigenvalue weighted by Crippen LogP contribution is -2.14. The van der Waals surface area contributed by atoms with E-state index in [9.17, 15) is 9.59 Å². The van der Waals surface area contributed by atoms with Crippen LogP contribution in [0.15, 0.2) is 58.8 Å². The number of thiazole rings is 1. The van der Waals surface area contributed by atoms with Crippen LogP contribution in [-0.2, 0) is 4.79 Å². The molecule has 0 atom stereocenters. The summed E-state index contributed by atoms with van der Waals surface area (Å²) < 4.78 is 0. The van der Waals surface area contributed by atoms with E-state index in [0.29, 0.717) is 22.8 Å². The summed E-state index contributed by atoms with van der Waals surface area (Å²) in [4.78, 5) is 29.7. The second-order valence-electron chi connectivity index (χ2n) is 5.72. The van der Waals surface area contributed by atoms with Crippen molar-refractivity contribution in [2.75, 3.05) is 16.4 Å². The molecule has 5 nitrogen and oxygen atoms in total. The quantitative estimate of drug-likeness (QED) is 0.701. The molecule has 1 aliphatic rings. The number of carbonyl (C=O) groups is 2. The van der Waals surface area contributed by atoms with Crippen LogP contribution >= 0.6 is 23.1 Å². The van der Waals surface area contributed by atoms with Crippen molar-refractivity contribution in [1.29, 1.82) is 0 Å². The number of benzene rings is 2. The lowest BCUT2D eigenvalue weighted by atomic mass is 10.2. The van der Waals surface area contributed by atoms with E-state index in [0.717, 1.165) is 21.9 Å². The van der Waals surface area contributed by atoms with Gasteiger partial charge in [0.15, 0.2) is 5.13 Å². The number of amides is 2. The van der Waals surface area contributed by atoms with Gasteiger partial charge in [0, 0.05) is 33.6 Å². The third-order valence-electron chi connectivity index (χ3n) is 3.90. The average Bonchev–Trinajstić information content (AvgIpc) is 3.03. The number of nitrogens with one attached hydrogen (secondary N) is 2. The third kappa shape index (κ3) is 3.63. The van der Waals surface area contributed by atoms with E-state index in [1.54, 1.807) is 23.9 Å². The summed E-state index contributed by atoms with van der Waals surface area (Å²) in [5.41, 5.74) is 3.02. The Labute approximate surface area is 158 Å². The SMILES string of the molecule is O=C1CCSc2ccc(C(=O)Nc3nc(-c4ccccc4)cs3)cc2N1. The van der Waals surface area contributed by atoms with Gasteiger partial charge in [-0.25, -0.2) is 4.98 Å². The molecule has 2 amide bonds. The van der Waals surface area contributed by atoms with Crippen molar-refractivity contribution < 1.29 is 9.59 Å². The molecular weight excluding hydrogens is 366 g/mol. The Morgan fingerprint density at radius 3 is 2.85 bits per heavy atom. The molecule has 1 aliphatic heterocycles. The van der Waals surface area contributed by atoms with Crippen LogP contribution in [0.25, 0.3) is 11.3 Å². The Kier molecular flexibility index (Phi) is 4.73. The van der Waals surface area contributed by atoms with Crippen LogP contribution in [0.1, 0.15) is 16.8 Å². The Hall–Kier alpha value is -2.64.